The first-order valence-corrected chi connectivity index (χ1v) is 10.1. The highest BCUT2D eigenvalue weighted by Crippen LogP contribution is 2.24. The van der Waals surface area contributed by atoms with E-state index in [-0.39, 0.29) is 11.9 Å². The van der Waals surface area contributed by atoms with E-state index in [1.807, 2.05) is 70.4 Å². The van der Waals surface area contributed by atoms with Crippen molar-refractivity contribution >= 4 is 5.91 Å². The van der Waals surface area contributed by atoms with E-state index in [9.17, 15) is 4.79 Å². The van der Waals surface area contributed by atoms with Gasteiger partial charge in [0.05, 0.1) is 13.3 Å². The second-order valence-corrected chi connectivity index (χ2v) is 7.40. The number of ether oxygens (including phenoxy) is 1. The number of rotatable bonds is 6. The minimum atomic E-state index is 0.0981. The van der Waals surface area contributed by atoms with Gasteiger partial charge in [0, 0.05) is 30.3 Å². The maximum Gasteiger partial charge on any atom is 0.254 e. The van der Waals surface area contributed by atoms with E-state index >= 15 is 0 Å². The zero-order valence-corrected chi connectivity index (χ0v) is 16.7. The summed E-state index contributed by atoms with van der Waals surface area (Å²) < 4.78 is 7.08. The smallest absolute Gasteiger partial charge is 0.254 e. The lowest BCUT2D eigenvalue weighted by Gasteiger charge is -2.36. The van der Waals surface area contributed by atoms with Crippen LogP contribution in [0.1, 0.15) is 36.0 Å². The van der Waals surface area contributed by atoms with Gasteiger partial charge in [-0.25, -0.2) is 0 Å². The minimum absolute atomic E-state index is 0.0981. The fraction of sp³-hybridized carbons (Fsp3) is 0.348. The molecule has 1 aromatic heterocycles. The zero-order valence-electron chi connectivity index (χ0n) is 16.7. The van der Waals surface area contributed by atoms with Crippen molar-refractivity contribution in [2.45, 2.75) is 38.3 Å². The maximum atomic E-state index is 13.1. The molecule has 1 atom stereocenters. The van der Waals surface area contributed by atoms with Gasteiger partial charge in [-0.15, -0.1) is 5.10 Å². The largest absolute Gasteiger partial charge is 0.497 e. The van der Waals surface area contributed by atoms with Crippen LogP contribution in [-0.4, -0.2) is 45.5 Å². The second kappa shape index (κ2) is 8.90. The van der Waals surface area contributed by atoms with Crippen molar-refractivity contribution in [1.29, 1.82) is 0 Å². The molecule has 2 aromatic carbocycles. The molecule has 29 heavy (non-hydrogen) atoms. The molecule has 3 aromatic rings. The number of benzene rings is 2. The molecule has 1 amide bonds. The third kappa shape index (κ3) is 4.47. The van der Waals surface area contributed by atoms with Crippen molar-refractivity contribution in [1.82, 2.24) is 19.9 Å². The highest BCUT2D eigenvalue weighted by Gasteiger charge is 2.27. The van der Waals surface area contributed by atoms with Crippen LogP contribution in [0.4, 0.5) is 0 Å². The average molecular weight is 390 g/mol. The molecule has 1 unspecified atom stereocenters. The third-order valence-corrected chi connectivity index (χ3v) is 5.52. The molecule has 150 valence electrons. The Labute approximate surface area is 171 Å². The number of methoxy groups -OCH3 is 1. The summed E-state index contributed by atoms with van der Waals surface area (Å²) in [6.07, 6.45) is 6.10. The standard InChI is InChI=1S/C23H26N4O2/c1-29-21-12-10-19(11-13-21)23(28)27-15-6-5-9-20(27)14-16-26-17-22(24-25-26)18-7-3-2-4-8-18/h2-4,7-8,10-13,17,20H,5-6,9,14-16H2,1H3. The fourth-order valence-electron chi connectivity index (χ4n) is 3.90. The van der Waals surface area contributed by atoms with Crippen molar-refractivity contribution in [3.05, 3.63) is 66.4 Å². The fourth-order valence-corrected chi connectivity index (χ4v) is 3.90. The van der Waals surface area contributed by atoms with E-state index in [1.54, 1.807) is 7.11 Å². The van der Waals surface area contributed by atoms with Crippen LogP contribution in [0.3, 0.4) is 0 Å². The Morgan fingerprint density at radius 3 is 2.66 bits per heavy atom. The Morgan fingerprint density at radius 2 is 1.90 bits per heavy atom. The first kappa shape index (κ1) is 19.2. The molecule has 6 nitrogen and oxygen atoms in total. The average Bonchev–Trinajstić information content (AvgIpc) is 3.27. The Hall–Kier alpha value is -3.15. The van der Waals surface area contributed by atoms with Crippen LogP contribution in [-0.2, 0) is 6.54 Å². The second-order valence-electron chi connectivity index (χ2n) is 7.40. The molecule has 4 rings (SSSR count). The van der Waals surface area contributed by atoms with Gasteiger partial charge in [0.15, 0.2) is 0 Å². The molecule has 2 heterocycles. The van der Waals surface area contributed by atoms with Crippen LogP contribution >= 0.6 is 0 Å². The van der Waals surface area contributed by atoms with E-state index < -0.39 is 0 Å². The predicted molar refractivity (Wildman–Crippen MR) is 112 cm³/mol. The van der Waals surface area contributed by atoms with Crippen LogP contribution in [0.15, 0.2) is 60.8 Å². The van der Waals surface area contributed by atoms with Gasteiger partial charge in [-0.3, -0.25) is 9.48 Å². The number of amides is 1. The summed E-state index contributed by atoms with van der Waals surface area (Å²) in [5.41, 5.74) is 2.65. The molecule has 0 N–H and O–H groups in total. The lowest BCUT2D eigenvalue weighted by molar-refractivity contribution is 0.0593. The van der Waals surface area contributed by atoms with Crippen molar-refractivity contribution in [3.8, 4) is 17.0 Å². The van der Waals surface area contributed by atoms with Crippen LogP contribution in [0, 0.1) is 0 Å². The molecule has 0 radical (unpaired) electrons. The minimum Gasteiger partial charge on any atom is -0.497 e. The Balaban J connectivity index is 1.41. The first-order valence-electron chi connectivity index (χ1n) is 10.1. The topological polar surface area (TPSA) is 60.2 Å². The molecule has 1 aliphatic heterocycles. The Morgan fingerprint density at radius 1 is 1.10 bits per heavy atom. The van der Waals surface area contributed by atoms with Gasteiger partial charge in [-0.1, -0.05) is 35.5 Å². The van der Waals surface area contributed by atoms with E-state index in [0.717, 1.165) is 55.8 Å². The summed E-state index contributed by atoms with van der Waals surface area (Å²) in [4.78, 5) is 15.1. The molecule has 1 fully saturated rings. The Kier molecular flexibility index (Phi) is 5.89. The maximum absolute atomic E-state index is 13.1. The number of carbonyl (C=O) groups is 1. The number of likely N-dealkylation sites (tertiary alicyclic amines) is 1. The normalized spacial score (nSPS) is 16.6. The van der Waals surface area contributed by atoms with Crippen molar-refractivity contribution in [2.24, 2.45) is 0 Å². The summed E-state index contributed by atoms with van der Waals surface area (Å²) in [7, 11) is 1.63. The number of aryl methyl sites for hydroxylation is 1. The van der Waals surface area contributed by atoms with E-state index in [1.165, 1.54) is 0 Å². The Bertz CT molecular complexity index is 937. The van der Waals surface area contributed by atoms with Gasteiger partial charge in [0.1, 0.15) is 11.4 Å². The van der Waals surface area contributed by atoms with Crippen molar-refractivity contribution in [2.75, 3.05) is 13.7 Å². The predicted octanol–water partition coefficient (Wildman–Crippen LogP) is 4.04. The molecular formula is C23H26N4O2. The molecular weight excluding hydrogens is 364 g/mol. The van der Waals surface area contributed by atoms with Gasteiger partial charge in [0.25, 0.3) is 5.91 Å². The van der Waals surface area contributed by atoms with E-state index in [2.05, 4.69) is 10.3 Å². The summed E-state index contributed by atoms with van der Waals surface area (Å²) in [5, 5.41) is 8.56. The molecule has 0 spiro atoms. The quantitative estimate of drug-likeness (QED) is 0.637. The third-order valence-electron chi connectivity index (χ3n) is 5.52. The van der Waals surface area contributed by atoms with Crippen molar-refractivity contribution < 1.29 is 9.53 Å². The van der Waals surface area contributed by atoms with Crippen molar-refractivity contribution in [3.63, 3.8) is 0 Å². The zero-order chi connectivity index (χ0) is 20.1. The van der Waals surface area contributed by atoms with Gasteiger partial charge in [-0.2, -0.15) is 0 Å². The number of nitrogens with zero attached hydrogens (tertiary/aromatic N) is 4. The summed E-state index contributed by atoms with van der Waals surface area (Å²) in [5.74, 6) is 0.859. The van der Waals surface area contributed by atoms with Crippen LogP contribution in [0.25, 0.3) is 11.3 Å². The van der Waals surface area contributed by atoms with Crippen LogP contribution in [0.5, 0.6) is 5.75 Å². The van der Waals surface area contributed by atoms with Gasteiger partial charge >= 0.3 is 0 Å². The van der Waals surface area contributed by atoms with Crippen LogP contribution in [0.2, 0.25) is 0 Å². The molecule has 0 aliphatic carbocycles. The van der Waals surface area contributed by atoms with Gasteiger partial charge in [-0.05, 0) is 49.9 Å². The molecule has 0 bridgehead atoms. The lowest BCUT2D eigenvalue weighted by Crippen LogP contribution is -2.44. The van der Waals surface area contributed by atoms with E-state index in [0.29, 0.717) is 5.56 Å². The highest BCUT2D eigenvalue weighted by atomic mass is 16.5. The first-order chi connectivity index (χ1) is 14.2. The molecule has 6 heteroatoms. The number of piperidine rings is 1. The van der Waals surface area contributed by atoms with E-state index in [4.69, 9.17) is 4.74 Å². The molecule has 1 aliphatic rings. The SMILES string of the molecule is COc1ccc(C(=O)N2CCCCC2CCn2cc(-c3ccccc3)nn2)cc1. The van der Waals surface area contributed by atoms with Gasteiger partial charge in [0.2, 0.25) is 0 Å². The number of aromatic nitrogens is 3. The summed E-state index contributed by atoms with van der Waals surface area (Å²) >= 11 is 0. The number of hydrogen-bond acceptors (Lipinski definition) is 4. The van der Waals surface area contributed by atoms with Gasteiger partial charge < -0.3 is 9.64 Å². The highest BCUT2D eigenvalue weighted by molar-refractivity contribution is 5.94. The molecule has 0 saturated carbocycles. The monoisotopic (exact) mass is 390 g/mol. The lowest BCUT2D eigenvalue weighted by atomic mass is 9.98. The van der Waals surface area contributed by atoms with Crippen LogP contribution < -0.4 is 4.74 Å². The number of carbonyl (C=O) groups excluding carboxylic acids is 1. The number of hydrogen-bond donors (Lipinski definition) is 0. The summed E-state index contributed by atoms with van der Waals surface area (Å²) in [6.45, 7) is 1.55. The summed E-state index contributed by atoms with van der Waals surface area (Å²) in [6, 6.07) is 17.6. The molecule has 1 saturated heterocycles.